The van der Waals surface area contributed by atoms with Crippen LogP contribution >= 0.6 is 23.2 Å². The average Bonchev–Trinajstić information content (AvgIpc) is 2.47. The molecule has 0 atom stereocenters. The van der Waals surface area contributed by atoms with Gasteiger partial charge in [0.25, 0.3) is 5.91 Å². The van der Waals surface area contributed by atoms with Crippen LogP contribution in [0, 0.1) is 0 Å². The molecule has 6 nitrogen and oxygen atoms in total. The van der Waals surface area contributed by atoms with E-state index in [-0.39, 0.29) is 6.61 Å². The summed E-state index contributed by atoms with van der Waals surface area (Å²) in [6.45, 7) is 1.56. The first-order valence-electron chi connectivity index (χ1n) is 6.30. The molecule has 1 fully saturated rings. The smallest absolute Gasteiger partial charge is 0.324 e. The molecule has 2 rings (SSSR count). The van der Waals surface area contributed by atoms with Gasteiger partial charge in [-0.2, -0.15) is 0 Å². The lowest BCUT2D eigenvalue weighted by molar-refractivity contribution is -0.122. The van der Waals surface area contributed by atoms with E-state index in [2.05, 4.69) is 5.32 Å². The molecule has 0 unspecified atom stereocenters. The van der Waals surface area contributed by atoms with Crippen molar-refractivity contribution in [1.29, 1.82) is 0 Å². The summed E-state index contributed by atoms with van der Waals surface area (Å²) in [4.78, 5) is 24.9. The Balaban J connectivity index is 1.80. The molecular formula is C13H14Cl2N2O4. The van der Waals surface area contributed by atoms with Gasteiger partial charge in [-0.25, -0.2) is 4.79 Å². The van der Waals surface area contributed by atoms with E-state index < -0.39 is 11.9 Å². The second-order valence-electron chi connectivity index (χ2n) is 4.32. The Bertz CT molecular complexity index is 533. The van der Waals surface area contributed by atoms with Crippen LogP contribution in [-0.4, -0.2) is 49.7 Å². The van der Waals surface area contributed by atoms with Crippen molar-refractivity contribution in [3.63, 3.8) is 0 Å². The summed E-state index contributed by atoms with van der Waals surface area (Å²) in [6.07, 6.45) is 0. The molecule has 114 valence electrons. The Morgan fingerprint density at radius 1 is 1.29 bits per heavy atom. The molecule has 1 saturated heterocycles. The number of carbonyl (C=O) groups is 2. The lowest BCUT2D eigenvalue weighted by atomic mass is 10.3. The number of carbonyl (C=O) groups excluding carboxylic acids is 2. The molecule has 1 aromatic rings. The van der Waals surface area contributed by atoms with E-state index in [1.54, 1.807) is 12.1 Å². The van der Waals surface area contributed by atoms with Gasteiger partial charge in [0.2, 0.25) is 0 Å². The molecule has 0 bridgehead atoms. The van der Waals surface area contributed by atoms with Crippen molar-refractivity contribution < 1.29 is 19.1 Å². The van der Waals surface area contributed by atoms with Gasteiger partial charge in [-0.05, 0) is 18.2 Å². The lowest BCUT2D eigenvalue weighted by Gasteiger charge is -2.26. The second-order valence-corrected chi connectivity index (χ2v) is 5.16. The van der Waals surface area contributed by atoms with Crippen LogP contribution in [-0.2, 0) is 9.53 Å². The van der Waals surface area contributed by atoms with Crippen molar-refractivity contribution in [3.8, 4) is 5.75 Å². The van der Waals surface area contributed by atoms with Crippen molar-refractivity contribution in [3.05, 3.63) is 28.2 Å². The minimum atomic E-state index is -0.544. The van der Waals surface area contributed by atoms with Gasteiger partial charge in [-0.3, -0.25) is 10.1 Å². The third-order valence-corrected chi connectivity index (χ3v) is 3.33. The highest BCUT2D eigenvalue weighted by molar-refractivity contribution is 6.35. The van der Waals surface area contributed by atoms with E-state index in [1.807, 2.05) is 0 Å². The number of nitrogens with one attached hydrogen (secondary N) is 1. The maximum atomic E-state index is 11.8. The van der Waals surface area contributed by atoms with Gasteiger partial charge < -0.3 is 14.4 Å². The van der Waals surface area contributed by atoms with Crippen LogP contribution in [0.4, 0.5) is 4.79 Å². The fourth-order valence-electron chi connectivity index (χ4n) is 1.74. The van der Waals surface area contributed by atoms with Crippen LogP contribution in [0.2, 0.25) is 10.0 Å². The number of rotatable bonds is 3. The molecule has 0 aliphatic carbocycles. The molecule has 1 aliphatic rings. The largest absolute Gasteiger partial charge is 0.482 e. The number of morpholine rings is 1. The molecule has 3 amide bonds. The summed E-state index contributed by atoms with van der Waals surface area (Å²) in [6, 6.07) is 4.21. The Kier molecular flexibility index (Phi) is 5.67. The van der Waals surface area contributed by atoms with Gasteiger partial charge in [0.15, 0.2) is 6.61 Å². The molecule has 0 aromatic heterocycles. The van der Waals surface area contributed by atoms with Gasteiger partial charge in [0.05, 0.1) is 18.2 Å². The first-order valence-corrected chi connectivity index (χ1v) is 7.06. The highest BCUT2D eigenvalue weighted by atomic mass is 35.5. The van der Waals surface area contributed by atoms with E-state index in [9.17, 15) is 9.59 Å². The average molecular weight is 333 g/mol. The zero-order valence-corrected chi connectivity index (χ0v) is 12.6. The van der Waals surface area contributed by atoms with Gasteiger partial charge in [0.1, 0.15) is 5.75 Å². The Hall–Kier alpha value is -1.50. The fraction of sp³-hybridized carbons (Fsp3) is 0.385. The van der Waals surface area contributed by atoms with Gasteiger partial charge in [-0.15, -0.1) is 0 Å². The summed E-state index contributed by atoms with van der Waals surface area (Å²) in [5.74, 6) is -0.215. The summed E-state index contributed by atoms with van der Waals surface area (Å²) < 4.78 is 10.4. The summed E-state index contributed by atoms with van der Waals surface area (Å²) in [5.41, 5.74) is 0. The van der Waals surface area contributed by atoms with Crippen LogP contribution in [0.3, 0.4) is 0 Å². The van der Waals surface area contributed by atoms with Crippen LogP contribution < -0.4 is 10.1 Å². The summed E-state index contributed by atoms with van der Waals surface area (Å²) in [7, 11) is 0. The first kappa shape index (κ1) is 15.9. The van der Waals surface area contributed by atoms with Crippen molar-refractivity contribution in [2.45, 2.75) is 0 Å². The SMILES string of the molecule is O=C(COc1ccc(Cl)cc1Cl)NC(=O)N1CCOCC1. The zero-order chi connectivity index (χ0) is 15.2. The van der Waals surface area contributed by atoms with Crippen LogP contribution in [0.15, 0.2) is 18.2 Å². The number of amides is 3. The Morgan fingerprint density at radius 3 is 2.67 bits per heavy atom. The van der Waals surface area contributed by atoms with Crippen molar-refractivity contribution in [1.82, 2.24) is 10.2 Å². The molecule has 1 heterocycles. The predicted octanol–water partition coefficient (Wildman–Crippen LogP) is 1.94. The Morgan fingerprint density at radius 2 is 2.00 bits per heavy atom. The minimum Gasteiger partial charge on any atom is -0.482 e. The van der Waals surface area contributed by atoms with E-state index >= 15 is 0 Å². The summed E-state index contributed by atoms with van der Waals surface area (Å²) in [5, 5.41) is 3.02. The number of benzene rings is 1. The molecule has 1 N–H and O–H groups in total. The minimum absolute atomic E-state index is 0.301. The van der Waals surface area contributed by atoms with Gasteiger partial charge in [0, 0.05) is 18.1 Å². The third kappa shape index (κ3) is 4.77. The summed E-state index contributed by atoms with van der Waals surface area (Å²) >= 11 is 11.7. The standard InChI is InChI=1S/C13H14Cl2N2O4/c14-9-1-2-11(10(15)7-9)21-8-12(18)16-13(19)17-3-5-20-6-4-17/h1-2,7H,3-6,8H2,(H,16,18,19). The van der Waals surface area contributed by atoms with E-state index in [4.69, 9.17) is 32.7 Å². The number of halogens is 2. The zero-order valence-electron chi connectivity index (χ0n) is 11.1. The van der Waals surface area contributed by atoms with Gasteiger partial charge >= 0.3 is 6.03 Å². The number of nitrogens with zero attached hydrogens (tertiary/aromatic N) is 1. The highest BCUT2D eigenvalue weighted by Crippen LogP contribution is 2.27. The van der Waals surface area contributed by atoms with Gasteiger partial charge in [-0.1, -0.05) is 23.2 Å². The highest BCUT2D eigenvalue weighted by Gasteiger charge is 2.19. The molecule has 1 aromatic carbocycles. The molecule has 21 heavy (non-hydrogen) atoms. The number of urea groups is 1. The van der Waals surface area contributed by atoms with Crippen molar-refractivity contribution in [2.75, 3.05) is 32.9 Å². The lowest BCUT2D eigenvalue weighted by Crippen LogP contribution is -2.48. The second kappa shape index (κ2) is 7.49. The maximum absolute atomic E-state index is 11.8. The van der Waals surface area contributed by atoms with E-state index in [0.29, 0.717) is 42.1 Å². The first-order chi connectivity index (χ1) is 10.1. The number of hydrogen-bond acceptors (Lipinski definition) is 4. The number of hydrogen-bond donors (Lipinski definition) is 1. The molecule has 8 heteroatoms. The molecule has 0 saturated carbocycles. The van der Waals surface area contributed by atoms with E-state index in [1.165, 1.54) is 11.0 Å². The van der Waals surface area contributed by atoms with Crippen molar-refractivity contribution >= 4 is 35.1 Å². The van der Waals surface area contributed by atoms with Crippen molar-refractivity contribution in [2.24, 2.45) is 0 Å². The maximum Gasteiger partial charge on any atom is 0.324 e. The van der Waals surface area contributed by atoms with Crippen LogP contribution in [0.5, 0.6) is 5.75 Å². The fourth-order valence-corrected chi connectivity index (χ4v) is 2.20. The number of ether oxygens (including phenoxy) is 2. The Labute approximate surface area is 131 Å². The number of imide groups is 1. The van der Waals surface area contributed by atoms with Crippen LogP contribution in [0.25, 0.3) is 0 Å². The predicted molar refractivity (Wildman–Crippen MR) is 77.9 cm³/mol. The van der Waals surface area contributed by atoms with E-state index in [0.717, 1.165) is 0 Å². The van der Waals surface area contributed by atoms with Crippen LogP contribution in [0.1, 0.15) is 0 Å². The third-order valence-electron chi connectivity index (χ3n) is 2.80. The molecular weight excluding hydrogens is 319 g/mol. The quantitative estimate of drug-likeness (QED) is 0.918. The molecule has 1 aliphatic heterocycles. The topological polar surface area (TPSA) is 67.9 Å². The molecule has 0 spiro atoms. The molecule has 0 radical (unpaired) electrons. The monoisotopic (exact) mass is 332 g/mol. The normalized spacial score (nSPS) is 14.7.